The van der Waals surface area contributed by atoms with Gasteiger partial charge in [0, 0.05) is 41.1 Å². The Kier molecular flexibility index (Phi) is 3.09. The second-order valence-electron chi connectivity index (χ2n) is 2.35. The number of aromatic hydroxyl groups is 1. The minimum Gasteiger partial charge on any atom is -0.506 e. The van der Waals surface area contributed by atoms with Crippen molar-refractivity contribution in [3.63, 3.8) is 0 Å². The van der Waals surface area contributed by atoms with Crippen molar-refractivity contribution >= 4 is 40.5 Å². The number of phenolic OH excluding ortho intramolecular Hbond substituents is 1. The smallest absolute Gasteiger partial charge is 0.141 e. The number of hydrogen-bond acceptors (Lipinski definition) is 2. The Labute approximate surface area is 92.5 Å². The Morgan fingerprint density at radius 2 is 1.83 bits per heavy atom. The van der Waals surface area contributed by atoms with E-state index in [-0.39, 0.29) is 35.3 Å². The van der Waals surface area contributed by atoms with Crippen molar-refractivity contribution < 1.29 is 5.11 Å². The molecule has 1 N–H and O–H groups in total. The quantitative estimate of drug-likeness (QED) is 0.605. The average molecular weight is 168 g/mol. The molecule has 0 aliphatic heterocycles. The van der Waals surface area contributed by atoms with Gasteiger partial charge in [-0.25, -0.2) is 0 Å². The first-order valence-electron chi connectivity index (χ1n) is 3.40. The first kappa shape index (κ1) is 9.52. The first-order chi connectivity index (χ1) is 5.38. The van der Waals surface area contributed by atoms with Gasteiger partial charge in [0.25, 0.3) is 0 Å². The first-order valence-corrected chi connectivity index (χ1v) is 3.40. The molecule has 0 aliphatic carbocycles. The molecule has 12 heavy (non-hydrogen) atoms. The van der Waals surface area contributed by atoms with Crippen LogP contribution in [0.1, 0.15) is 0 Å². The molecule has 0 saturated heterocycles. The van der Waals surface area contributed by atoms with Crippen LogP contribution in [0.5, 0.6) is 5.75 Å². The van der Waals surface area contributed by atoms with E-state index in [1.807, 2.05) is 18.2 Å². The van der Waals surface area contributed by atoms with Crippen LogP contribution in [-0.4, -0.2) is 39.6 Å². The van der Waals surface area contributed by atoms with Crippen LogP contribution < -0.4 is 0 Å². The number of phenols is 1. The van der Waals surface area contributed by atoms with E-state index in [9.17, 15) is 5.11 Å². The average Bonchev–Trinajstić information content (AvgIpc) is 2.06. The second-order valence-corrected chi connectivity index (χ2v) is 2.35. The molecule has 3 heteroatoms. The van der Waals surface area contributed by atoms with Gasteiger partial charge in [-0.1, -0.05) is 18.2 Å². The van der Waals surface area contributed by atoms with E-state index < -0.39 is 0 Å². The molecule has 0 atom stereocenters. The second kappa shape index (κ2) is 3.90. The molecule has 1 aromatic heterocycles. The van der Waals surface area contributed by atoms with Crippen LogP contribution in [0.2, 0.25) is 0 Å². The number of nitrogens with zero attached hydrogens (tertiary/aromatic N) is 1. The van der Waals surface area contributed by atoms with Gasteiger partial charge in [-0.05, 0) is 12.1 Å². The Balaban J connectivity index is 0.000000720. The summed E-state index contributed by atoms with van der Waals surface area (Å²) in [7, 11) is 0. The summed E-state index contributed by atoms with van der Waals surface area (Å²) in [6.45, 7) is 0. The molecule has 0 fully saturated rings. The third-order valence-corrected chi connectivity index (χ3v) is 1.61. The van der Waals surface area contributed by atoms with Crippen LogP contribution in [0.3, 0.4) is 0 Å². The summed E-state index contributed by atoms with van der Waals surface area (Å²) in [6.07, 6.45) is 1.67. The van der Waals surface area contributed by atoms with E-state index in [1.165, 1.54) is 0 Å². The fourth-order valence-electron chi connectivity index (χ4n) is 1.09. The van der Waals surface area contributed by atoms with Crippen LogP contribution in [0.15, 0.2) is 36.5 Å². The summed E-state index contributed by atoms with van der Waals surface area (Å²) in [6, 6.07) is 9.13. The van der Waals surface area contributed by atoms with Crippen molar-refractivity contribution in [3.8, 4) is 5.75 Å². The van der Waals surface area contributed by atoms with Crippen molar-refractivity contribution in [2.24, 2.45) is 0 Å². The zero-order valence-corrected chi connectivity index (χ0v) is 8.86. The normalized spacial score (nSPS) is 9.33. The van der Waals surface area contributed by atoms with E-state index in [0.29, 0.717) is 5.52 Å². The Hall–Kier alpha value is -0.570. The van der Waals surface area contributed by atoms with Crippen LogP contribution in [-0.2, 0) is 0 Å². The molecule has 0 unspecified atom stereocenters. The topological polar surface area (TPSA) is 33.1 Å². The fourth-order valence-corrected chi connectivity index (χ4v) is 1.09. The van der Waals surface area contributed by atoms with Gasteiger partial charge in [0.15, 0.2) is 0 Å². The zero-order valence-electron chi connectivity index (χ0n) is 6.86. The minimum atomic E-state index is 0. The van der Waals surface area contributed by atoms with E-state index in [1.54, 1.807) is 18.3 Å². The van der Waals surface area contributed by atoms with Gasteiger partial charge in [0.05, 0.1) is 0 Å². The van der Waals surface area contributed by atoms with Gasteiger partial charge < -0.3 is 5.11 Å². The van der Waals surface area contributed by atoms with Crippen molar-refractivity contribution in [1.29, 1.82) is 0 Å². The molecule has 0 amide bonds. The third kappa shape index (κ3) is 1.61. The maximum absolute atomic E-state index is 9.31. The number of fused-ring (bicyclic) bond motifs is 1. The molecule has 2 rings (SSSR count). The largest absolute Gasteiger partial charge is 0.506 e. The molecule has 1 aromatic carbocycles. The van der Waals surface area contributed by atoms with E-state index in [4.69, 9.17) is 0 Å². The van der Waals surface area contributed by atoms with Crippen molar-refractivity contribution in [3.05, 3.63) is 36.5 Å². The summed E-state index contributed by atoms with van der Waals surface area (Å²) in [5.74, 6) is 0.239. The number of pyridine rings is 1. The Morgan fingerprint density at radius 3 is 2.58 bits per heavy atom. The summed E-state index contributed by atoms with van der Waals surface area (Å²) in [4.78, 5) is 4.03. The Bertz CT molecular complexity index is 384. The molecule has 55 valence electrons. The van der Waals surface area contributed by atoms with Crippen LogP contribution in [0, 0.1) is 0 Å². The number of aromatic nitrogens is 1. The van der Waals surface area contributed by atoms with Crippen LogP contribution in [0.4, 0.5) is 0 Å². The molecular formula is C9H7NNaO. The van der Waals surface area contributed by atoms with Gasteiger partial charge in [0.1, 0.15) is 11.3 Å². The number of hydrogen-bond donors (Lipinski definition) is 1. The van der Waals surface area contributed by atoms with E-state index in [0.717, 1.165) is 5.39 Å². The predicted octanol–water partition coefficient (Wildman–Crippen LogP) is 1.56. The molecule has 0 aliphatic rings. The molecule has 1 heterocycles. The molecular weight excluding hydrogens is 161 g/mol. The zero-order chi connectivity index (χ0) is 7.68. The molecule has 1 radical (unpaired) electrons. The van der Waals surface area contributed by atoms with Crippen LogP contribution >= 0.6 is 0 Å². The van der Waals surface area contributed by atoms with E-state index >= 15 is 0 Å². The van der Waals surface area contributed by atoms with Gasteiger partial charge in [-0.15, -0.1) is 0 Å². The minimum absolute atomic E-state index is 0. The standard InChI is InChI=1S/C9H7NO.Na/c11-8-5-1-3-7-4-2-6-10-9(7)8;/h1-6,11H;. The summed E-state index contributed by atoms with van der Waals surface area (Å²) in [5.41, 5.74) is 0.662. The molecule has 0 saturated carbocycles. The maximum atomic E-state index is 9.31. The number of rotatable bonds is 0. The van der Waals surface area contributed by atoms with Gasteiger partial charge in [0.2, 0.25) is 0 Å². The third-order valence-electron chi connectivity index (χ3n) is 1.61. The van der Waals surface area contributed by atoms with Crippen molar-refractivity contribution in [2.45, 2.75) is 0 Å². The summed E-state index contributed by atoms with van der Waals surface area (Å²) < 4.78 is 0. The van der Waals surface area contributed by atoms with Gasteiger partial charge in [-0.2, -0.15) is 0 Å². The number of para-hydroxylation sites is 1. The monoisotopic (exact) mass is 168 g/mol. The van der Waals surface area contributed by atoms with Crippen molar-refractivity contribution in [2.75, 3.05) is 0 Å². The molecule has 0 bridgehead atoms. The summed E-state index contributed by atoms with van der Waals surface area (Å²) in [5, 5.41) is 10.3. The predicted molar refractivity (Wildman–Crippen MR) is 49.2 cm³/mol. The van der Waals surface area contributed by atoms with Crippen LogP contribution in [0.25, 0.3) is 10.9 Å². The molecule has 2 nitrogen and oxygen atoms in total. The van der Waals surface area contributed by atoms with Gasteiger partial charge >= 0.3 is 0 Å². The van der Waals surface area contributed by atoms with Crippen molar-refractivity contribution in [1.82, 2.24) is 4.98 Å². The summed E-state index contributed by atoms with van der Waals surface area (Å²) >= 11 is 0. The maximum Gasteiger partial charge on any atom is 0.141 e. The fraction of sp³-hybridized carbons (Fsp3) is 0. The SMILES string of the molecule is Oc1cccc2cccnc12.[Na]. The van der Waals surface area contributed by atoms with E-state index in [2.05, 4.69) is 4.98 Å². The Morgan fingerprint density at radius 1 is 1.08 bits per heavy atom. The number of benzene rings is 1. The molecule has 2 aromatic rings. The van der Waals surface area contributed by atoms with Gasteiger partial charge in [-0.3, -0.25) is 4.98 Å². The molecule has 0 spiro atoms.